The third kappa shape index (κ3) is 4.59. The molecular formula is C27H31BrO8. The Labute approximate surface area is 218 Å². The highest BCUT2D eigenvalue weighted by atomic mass is 79.9. The maximum Gasteiger partial charge on any atom is 0.338 e. The van der Waals surface area contributed by atoms with E-state index in [2.05, 4.69) is 22.5 Å². The van der Waals surface area contributed by atoms with Gasteiger partial charge in [-0.3, -0.25) is 0 Å². The number of fused-ring (bicyclic) bond motifs is 1. The Balaban J connectivity index is 1.18. The highest BCUT2D eigenvalue weighted by molar-refractivity contribution is 9.11. The second kappa shape index (κ2) is 9.93. The Bertz CT molecular complexity index is 1000. The zero-order valence-electron chi connectivity index (χ0n) is 20.0. The molecule has 0 spiro atoms. The lowest BCUT2D eigenvalue weighted by molar-refractivity contribution is -0.292. The van der Waals surface area contributed by atoms with E-state index in [9.17, 15) is 9.59 Å². The quantitative estimate of drug-likeness (QED) is 0.331. The summed E-state index contributed by atoms with van der Waals surface area (Å²) in [4.78, 5) is 23.8. The molecule has 8 nitrogen and oxygen atoms in total. The molecule has 7 rings (SSSR count). The standard InChI is InChI=1S/C27H31BrO8/c1-15(28)13-18(32-26(30)16-5-3-2-4-6-16)9-11-27-14-20-22(35-27)23-24(34-20)25(36-27)21-19(33-23)8-7-17(31-21)10-12-29/h2-6,12,17-25H,1,7-11,13-14H2/t17-,18-,19+,20-,21+,22+,23+,24-,25+,27+/m1/s1. The number of benzene rings is 1. The first-order valence-corrected chi connectivity index (χ1v) is 13.6. The summed E-state index contributed by atoms with van der Waals surface area (Å²) in [7, 11) is 0. The van der Waals surface area contributed by atoms with Crippen LogP contribution < -0.4 is 0 Å². The second-order valence-corrected chi connectivity index (χ2v) is 11.5. The Morgan fingerprint density at radius 3 is 2.58 bits per heavy atom. The molecule has 194 valence electrons. The maximum atomic E-state index is 12.7. The summed E-state index contributed by atoms with van der Waals surface area (Å²) in [5, 5.41) is 0. The zero-order chi connectivity index (χ0) is 24.9. The van der Waals surface area contributed by atoms with E-state index in [1.54, 1.807) is 12.1 Å². The molecule has 0 N–H and O–H groups in total. The van der Waals surface area contributed by atoms with Gasteiger partial charge >= 0.3 is 5.97 Å². The van der Waals surface area contributed by atoms with Gasteiger partial charge in [0.05, 0.1) is 23.9 Å². The van der Waals surface area contributed by atoms with E-state index in [-0.39, 0.29) is 54.8 Å². The van der Waals surface area contributed by atoms with Crippen molar-refractivity contribution in [3.8, 4) is 0 Å². The lowest BCUT2D eigenvalue weighted by Gasteiger charge is -2.47. The molecule has 0 unspecified atom stereocenters. The van der Waals surface area contributed by atoms with Gasteiger partial charge in [-0.05, 0) is 35.9 Å². The fourth-order valence-corrected chi connectivity index (χ4v) is 6.74. The zero-order valence-corrected chi connectivity index (χ0v) is 21.5. The van der Waals surface area contributed by atoms with Crippen molar-refractivity contribution in [2.75, 3.05) is 0 Å². The first-order chi connectivity index (χ1) is 17.4. The lowest BCUT2D eigenvalue weighted by Crippen LogP contribution is -2.61. The summed E-state index contributed by atoms with van der Waals surface area (Å²) in [6.07, 6.45) is 3.01. The molecule has 6 aliphatic heterocycles. The van der Waals surface area contributed by atoms with Crippen LogP contribution in [0.5, 0.6) is 0 Å². The number of carbonyl (C=O) groups is 2. The van der Waals surface area contributed by atoms with Crippen LogP contribution in [0.1, 0.15) is 55.3 Å². The molecule has 6 saturated heterocycles. The Morgan fingerprint density at radius 2 is 1.81 bits per heavy atom. The molecule has 6 heterocycles. The second-order valence-electron chi connectivity index (χ2n) is 10.4. The van der Waals surface area contributed by atoms with E-state index >= 15 is 0 Å². The van der Waals surface area contributed by atoms with Crippen LogP contribution >= 0.6 is 15.9 Å². The SMILES string of the molecule is C=C(Br)C[C@@H](CC[C@@]12C[C@H]3O[C@H]4[C@@H](O1)[C@H]1O[C@@H](CC=O)CC[C@@H]1O[C@H]4[C@H]3O2)OC(=O)c1ccccc1. The van der Waals surface area contributed by atoms with Crippen LogP contribution in [0, 0.1) is 0 Å². The van der Waals surface area contributed by atoms with Gasteiger partial charge in [0.1, 0.15) is 42.9 Å². The summed E-state index contributed by atoms with van der Waals surface area (Å²) in [6, 6.07) is 8.96. The smallest absolute Gasteiger partial charge is 0.338 e. The fraction of sp³-hybridized carbons (Fsp3) is 0.630. The number of ether oxygens (including phenoxy) is 6. The third-order valence-corrected chi connectivity index (χ3v) is 8.29. The molecule has 0 aromatic heterocycles. The molecule has 0 radical (unpaired) electrons. The minimum absolute atomic E-state index is 0.0993. The van der Waals surface area contributed by atoms with Crippen molar-refractivity contribution in [2.45, 2.75) is 106 Å². The molecule has 36 heavy (non-hydrogen) atoms. The lowest BCUT2D eigenvalue weighted by atomic mass is 9.87. The predicted molar refractivity (Wildman–Crippen MR) is 131 cm³/mol. The predicted octanol–water partition coefficient (Wildman–Crippen LogP) is 3.85. The summed E-state index contributed by atoms with van der Waals surface area (Å²) in [5.41, 5.74) is 0.509. The molecule has 1 aromatic rings. The number of esters is 1. The number of hydrogen-bond donors (Lipinski definition) is 0. The topological polar surface area (TPSA) is 89.5 Å². The van der Waals surface area contributed by atoms with E-state index < -0.39 is 11.9 Å². The van der Waals surface area contributed by atoms with Crippen LogP contribution in [0.3, 0.4) is 0 Å². The molecule has 10 atom stereocenters. The van der Waals surface area contributed by atoms with Crippen molar-refractivity contribution in [3.05, 3.63) is 47.0 Å². The molecule has 6 bridgehead atoms. The van der Waals surface area contributed by atoms with Gasteiger partial charge in [-0.2, -0.15) is 0 Å². The van der Waals surface area contributed by atoms with Gasteiger partial charge in [-0.15, -0.1) is 0 Å². The molecule has 6 aliphatic rings. The fourth-order valence-electron chi connectivity index (χ4n) is 6.38. The average molecular weight is 563 g/mol. The van der Waals surface area contributed by atoms with Crippen molar-refractivity contribution in [1.82, 2.24) is 0 Å². The highest BCUT2D eigenvalue weighted by Crippen LogP contribution is 2.54. The van der Waals surface area contributed by atoms with E-state index in [1.807, 2.05) is 18.2 Å². The van der Waals surface area contributed by atoms with Crippen molar-refractivity contribution < 1.29 is 38.0 Å². The first kappa shape index (κ1) is 24.7. The van der Waals surface area contributed by atoms with Crippen molar-refractivity contribution in [2.24, 2.45) is 0 Å². The molecule has 1 aromatic carbocycles. The van der Waals surface area contributed by atoms with Gasteiger partial charge in [-0.25, -0.2) is 4.79 Å². The van der Waals surface area contributed by atoms with E-state index in [0.29, 0.717) is 37.7 Å². The number of carbonyl (C=O) groups excluding carboxylic acids is 2. The average Bonchev–Trinajstić information content (AvgIpc) is 3.28. The molecule has 0 amide bonds. The molecular weight excluding hydrogens is 532 g/mol. The van der Waals surface area contributed by atoms with Crippen LogP contribution in [0.4, 0.5) is 0 Å². The van der Waals surface area contributed by atoms with Crippen LogP contribution in [-0.2, 0) is 33.2 Å². The minimum Gasteiger partial charge on any atom is -0.458 e. The first-order valence-electron chi connectivity index (χ1n) is 12.8. The van der Waals surface area contributed by atoms with Gasteiger partial charge < -0.3 is 33.2 Å². The Morgan fingerprint density at radius 1 is 1.06 bits per heavy atom. The van der Waals surface area contributed by atoms with Crippen LogP contribution in [0.25, 0.3) is 0 Å². The van der Waals surface area contributed by atoms with Gasteiger partial charge in [0, 0.05) is 25.7 Å². The number of aldehydes is 1. The van der Waals surface area contributed by atoms with E-state index in [4.69, 9.17) is 28.4 Å². The largest absolute Gasteiger partial charge is 0.458 e. The van der Waals surface area contributed by atoms with Gasteiger partial charge in [0.15, 0.2) is 5.79 Å². The Kier molecular flexibility index (Phi) is 6.81. The minimum atomic E-state index is -0.867. The molecule has 0 aliphatic carbocycles. The normalized spacial score (nSPS) is 40.8. The number of halogens is 1. The van der Waals surface area contributed by atoms with Crippen LogP contribution in [-0.4, -0.2) is 73.0 Å². The van der Waals surface area contributed by atoms with Gasteiger partial charge in [-0.1, -0.05) is 40.7 Å². The molecule has 6 fully saturated rings. The number of rotatable bonds is 9. The van der Waals surface area contributed by atoms with E-state index in [0.717, 1.165) is 23.6 Å². The van der Waals surface area contributed by atoms with Crippen LogP contribution in [0.2, 0.25) is 0 Å². The Hall–Kier alpha value is -1.62. The summed E-state index contributed by atoms with van der Waals surface area (Å²) in [6.45, 7) is 3.94. The molecule has 9 heteroatoms. The van der Waals surface area contributed by atoms with Crippen LogP contribution in [0.15, 0.2) is 41.4 Å². The maximum absolute atomic E-state index is 12.7. The third-order valence-electron chi connectivity index (χ3n) is 7.97. The summed E-state index contributed by atoms with van der Waals surface area (Å²) in [5.74, 6) is -1.23. The molecule has 0 saturated carbocycles. The van der Waals surface area contributed by atoms with Gasteiger partial charge in [0.25, 0.3) is 0 Å². The van der Waals surface area contributed by atoms with Crippen molar-refractivity contribution >= 4 is 28.2 Å². The van der Waals surface area contributed by atoms with Crippen molar-refractivity contribution in [3.63, 3.8) is 0 Å². The highest BCUT2D eigenvalue weighted by Gasteiger charge is 2.68. The van der Waals surface area contributed by atoms with Crippen molar-refractivity contribution in [1.29, 1.82) is 0 Å². The monoisotopic (exact) mass is 562 g/mol. The summed E-state index contributed by atoms with van der Waals surface area (Å²) >= 11 is 3.42. The number of hydrogen-bond acceptors (Lipinski definition) is 8. The van der Waals surface area contributed by atoms with Gasteiger partial charge in [0.2, 0.25) is 0 Å². The van der Waals surface area contributed by atoms with E-state index in [1.165, 1.54) is 0 Å². The summed E-state index contributed by atoms with van der Waals surface area (Å²) < 4.78 is 39.0.